The van der Waals surface area contributed by atoms with E-state index in [0.29, 0.717) is 17.7 Å². The third-order valence-electron chi connectivity index (χ3n) is 6.89. The van der Waals surface area contributed by atoms with E-state index in [2.05, 4.69) is 51.2 Å². The topological polar surface area (TPSA) is 38.8 Å². The van der Waals surface area contributed by atoms with E-state index in [-0.39, 0.29) is 24.8 Å². The van der Waals surface area contributed by atoms with Gasteiger partial charge in [-0.05, 0) is 55.8 Å². The number of amides is 1. The Balaban J connectivity index is 0.00000150. The summed E-state index contributed by atoms with van der Waals surface area (Å²) >= 11 is 0. The minimum Gasteiger partial charge on any atom is -0.369 e. The molecular weight excluding hydrogens is 407 g/mol. The van der Waals surface area contributed by atoms with Crippen LogP contribution in [0.5, 0.6) is 0 Å². The molecule has 1 spiro atoms. The Labute approximate surface area is 188 Å². The number of carbonyl (C=O) groups excluding carboxylic acids is 1. The van der Waals surface area contributed by atoms with Crippen LogP contribution in [0.3, 0.4) is 0 Å². The number of aryl methyl sites for hydroxylation is 1. The van der Waals surface area contributed by atoms with Gasteiger partial charge >= 0.3 is 0 Å². The second-order valence-corrected chi connectivity index (χ2v) is 8.73. The summed E-state index contributed by atoms with van der Waals surface area (Å²) in [5.41, 5.74) is 3.13. The molecule has 4 rings (SSSR count). The number of hydrogen-bond acceptors (Lipinski definition) is 4. The molecule has 29 heavy (non-hydrogen) atoms. The largest absolute Gasteiger partial charge is 0.369 e. The van der Waals surface area contributed by atoms with E-state index < -0.39 is 0 Å². The Morgan fingerprint density at radius 3 is 2.38 bits per heavy atom. The fourth-order valence-corrected chi connectivity index (χ4v) is 4.92. The molecule has 3 aliphatic rings. The van der Waals surface area contributed by atoms with E-state index in [0.717, 1.165) is 58.9 Å². The van der Waals surface area contributed by atoms with E-state index in [1.807, 2.05) is 0 Å². The van der Waals surface area contributed by atoms with Gasteiger partial charge in [-0.3, -0.25) is 9.69 Å². The van der Waals surface area contributed by atoms with Crippen LogP contribution in [0.4, 0.5) is 5.69 Å². The van der Waals surface area contributed by atoms with Crippen molar-refractivity contribution in [3.05, 3.63) is 29.8 Å². The van der Waals surface area contributed by atoms with Gasteiger partial charge < -0.3 is 15.1 Å². The SMILES string of the molecule is Cc1cccc(N2CCN(CCC(=O)N3CCC4(CCNC4)CC3)CC2)c1.Cl.Cl. The number of rotatable bonds is 4. The van der Waals surface area contributed by atoms with Gasteiger partial charge in [0.25, 0.3) is 0 Å². The standard InChI is InChI=1S/C22H34N4O.2ClH/c1-19-3-2-4-20(17-19)25-15-13-24(14-16-25)10-5-21(27)26-11-7-22(8-12-26)6-9-23-18-22;;/h2-4,17,23H,5-16,18H2,1H3;2*1H. The third kappa shape index (κ3) is 6.00. The molecule has 0 aliphatic carbocycles. The molecule has 1 aromatic carbocycles. The van der Waals surface area contributed by atoms with Crippen LogP contribution in [0.2, 0.25) is 0 Å². The number of benzene rings is 1. The van der Waals surface area contributed by atoms with Gasteiger partial charge in [-0.1, -0.05) is 12.1 Å². The summed E-state index contributed by atoms with van der Waals surface area (Å²) in [7, 11) is 0. The zero-order valence-corrected chi connectivity index (χ0v) is 19.2. The molecular formula is C22H36Cl2N4O. The molecule has 0 aromatic heterocycles. The quantitative estimate of drug-likeness (QED) is 0.777. The van der Waals surface area contributed by atoms with Crippen molar-refractivity contribution in [3.63, 3.8) is 0 Å². The summed E-state index contributed by atoms with van der Waals surface area (Å²) < 4.78 is 0. The van der Waals surface area contributed by atoms with Crippen LogP contribution in [-0.4, -0.2) is 74.6 Å². The minimum absolute atomic E-state index is 0. The molecule has 1 aromatic rings. The first-order valence-electron chi connectivity index (χ1n) is 10.7. The number of piperazine rings is 1. The highest BCUT2D eigenvalue weighted by molar-refractivity contribution is 5.85. The number of likely N-dealkylation sites (tertiary alicyclic amines) is 1. The van der Waals surface area contributed by atoms with Crippen molar-refractivity contribution in [2.24, 2.45) is 5.41 Å². The second-order valence-electron chi connectivity index (χ2n) is 8.73. The highest BCUT2D eigenvalue weighted by Crippen LogP contribution is 2.37. The van der Waals surface area contributed by atoms with Crippen LogP contribution < -0.4 is 10.2 Å². The maximum Gasteiger partial charge on any atom is 0.223 e. The molecule has 0 atom stereocenters. The number of halogens is 2. The number of piperidine rings is 1. The van der Waals surface area contributed by atoms with Crippen molar-refractivity contribution < 1.29 is 4.79 Å². The molecule has 0 radical (unpaired) electrons. The molecule has 3 saturated heterocycles. The number of nitrogens with one attached hydrogen (secondary N) is 1. The number of hydrogen-bond donors (Lipinski definition) is 1. The summed E-state index contributed by atoms with van der Waals surface area (Å²) in [5, 5.41) is 3.50. The molecule has 3 aliphatic heterocycles. The van der Waals surface area contributed by atoms with Crippen LogP contribution in [0.15, 0.2) is 24.3 Å². The van der Waals surface area contributed by atoms with Crippen LogP contribution in [0.25, 0.3) is 0 Å². The van der Waals surface area contributed by atoms with Gasteiger partial charge in [0.2, 0.25) is 5.91 Å². The van der Waals surface area contributed by atoms with E-state index >= 15 is 0 Å². The van der Waals surface area contributed by atoms with Gasteiger partial charge in [-0.2, -0.15) is 0 Å². The van der Waals surface area contributed by atoms with Crippen molar-refractivity contribution >= 4 is 36.4 Å². The molecule has 3 heterocycles. The van der Waals surface area contributed by atoms with E-state index in [4.69, 9.17) is 0 Å². The molecule has 164 valence electrons. The van der Waals surface area contributed by atoms with Crippen LogP contribution >= 0.6 is 24.8 Å². The second kappa shape index (κ2) is 10.9. The van der Waals surface area contributed by atoms with Gasteiger partial charge in [-0.25, -0.2) is 0 Å². The highest BCUT2D eigenvalue weighted by Gasteiger charge is 2.37. The molecule has 0 unspecified atom stereocenters. The lowest BCUT2D eigenvalue weighted by molar-refractivity contribution is -0.133. The zero-order chi connectivity index (χ0) is 18.7. The summed E-state index contributed by atoms with van der Waals surface area (Å²) in [4.78, 5) is 19.7. The van der Waals surface area contributed by atoms with E-state index in [9.17, 15) is 4.79 Å². The van der Waals surface area contributed by atoms with Gasteiger partial charge in [0, 0.05) is 64.5 Å². The Bertz CT molecular complexity index is 648. The molecule has 3 fully saturated rings. The van der Waals surface area contributed by atoms with Crippen molar-refractivity contribution in [1.82, 2.24) is 15.1 Å². The maximum atomic E-state index is 12.6. The first-order chi connectivity index (χ1) is 13.1. The van der Waals surface area contributed by atoms with E-state index in [1.54, 1.807) is 0 Å². The fourth-order valence-electron chi connectivity index (χ4n) is 4.92. The van der Waals surface area contributed by atoms with Gasteiger partial charge in [0.15, 0.2) is 0 Å². The van der Waals surface area contributed by atoms with Crippen LogP contribution in [0, 0.1) is 12.3 Å². The predicted octanol–water partition coefficient (Wildman–Crippen LogP) is 2.95. The average Bonchev–Trinajstić information content (AvgIpc) is 3.15. The van der Waals surface area contributed by atoms with Crippen LogP contribution in [0.1, 0.15) is 31.2 Å². The van der Waals surface area contributed by atoms with Crippen molar-refractivity contribution in [2.75, 3.05) is 63.8 Å². The zero-order valence-electron chi connectivity index (χ0n) is 17.6. The molecule has 5 nitrogen and oxygen atoms in total. The Morgan fingerprint density at radius 1 is 1.03 bits per heavy atom. The Kier molecular flexibility index (Phi) is 9.08. The lowest BCUT2D eigenvalue weighted by Crippen LogP contribution is -2.48. The van der Waals surface area contributed by atoms with Gasteiger partial charge in [0.05, 0.1) is 0 Å². The summed E-state index contributed by atoms with van der Waals surface area (Å²) in [5.74, 6) is 0.358. The first-order valence-corrected chi connectivity index (χ1v) is 10.7. The minimum atomic E-state index is 0. The van der Waals surface area contributed by atoms with Crippen molar-refractivity contribution in [2.45, 2.75) is 32.6 Å². The van der Waals surface area contributed by atoms with Gasteiger partial charge in [0.1, 0.15) is 0 Å². The molecule has 0 bridgehead atoms. The van der Waals surface area contributed by atoms with Crippen LogP contribution in [-0.2, 0) is 4.79 Å². The normalized spacial score (nSPS) is 21.6. The summed E-state index contributed by atoms with van der Waals surface area (Å²) in [6, 6.07) is 8.76. The fraction of sp³-hybridized carbons (Fsp3) is 0.682. The number of nitrogens with zero attached hydrogens (tertiary/aromatic N) is 3. The lowest BCUT2D eigenvalue weighted by Gasteiger charge is -2.39. The monoisotopic (exact) mass is 442 g/mol. The first kappa shape index (κ1) is 24.3. The molecule has 0 saturated carbocycles. The Morgan fingerprint density at radius 2 is 1.76 bits per heavy atom. The maximum absolute atomic E-state index is 12.6. The number of carbonyl (C=O) groups is 1. The smallest absolute Gasteiger partial charge is 0.223 e. The van der Waals surface area contributed by atoms with Gasteiger partial charge in [-0.15, -0.1) is 24.8 Å². The van der Waals surface area contributed by atoms with Crippen molar-refractivity contribution in [1.29, 1.82) is 0 Å². The summed E-state index contributed by atoms with van der Waals surface area (Å²) in [6.45, 7) is 11.5. The molecule has 7 heteroatoms. The third-order valence-corrected chi connectivity index (χ3v) is 6.89. The average molecular weight is 443 g/mol. The summed E-state index contributed by atoms with van der Waals surface area (Å²) in [6.07, 6.45) is 4.33. The Hall–Kier alpha value is -1.01. The number of anilines is 1. The predicted molar refractivity (Wildman–Crippen MR) is 125 cm³/mol. The molecule has 1 N–H and O–H groups in total. The lowest BCUT2D eigenvalue weighted by atomic mass is 9.78. The van der Waals surface area contributed by atoms with E-state index in [1.165, 1.54) is 30.5 Å². The highest BCUT2D eigenvalue weighted by atomic mass is 35.5. The molecule has 1 amide bonds. The van der Waals surface area contributed by atoms with Crippen molar-refractivity contribution in [3.8, 4) is 0 Å².